The predicted octanol–water partition coefficient (Wildman–Crippen LogP) is 7.42. The molecule has 34 heavy (non-hydrogen) atoms. The lowest BCUT2D eigenvalue weighted by Gasteiger charge is -2.11. The summed E-state index contributed by atoms with van der Waals surface area (Å²) in [4.78, 5) is 0. The Kier molecular flexibility index (Phi) is 7.07. The SMILES string of the molecule is CCOc1ccc(COc2ccc(-c3ccc(-c4ccc(OC)cc4)c(F)c3F)cc2)cc1F. The van der Waals surface area contributed by atoms with E-state index >= 15 is 0 Å². The summed E-state index contributed by atoms with van der Waals surface area (Å²) in [5.41, 5.74) is 2.03. The van der Waals surface area contributed by atoms with E-state index < -0.39 is 17.5 Å². The Morgan fingerprint density at radius 2 is 1.21 bits per heavy atom. The highest BCUT2D eigenvalue weighted by molar-refractivity contribution is 5.72. The molecule has 0 radical (unpaired) electrons. The summed E-state index contributed by atoms with van der Waals surface area (Å²) in [6.07, 6.45) is 0. The molecule has 0 bridgehead atoms. The van der Waals surface area contributed by atoms with Crippen molar-refractivity contribution in [3.05, 3.63) is 102 Å². The smallest absolute Gasteiger partial charge is 0.167 e. The first kappa shape index (κ1) is 23.2. The lowest BCUT2D eigenvalue weighted by molar-refractivity contribution is 0.302. The van der Waals surface area contributed by atoms with Gasteiger partial charge in [0.2, 0.25) is 0 Å². The molecular formula is C28H23F3O3. The van der Waals surface area contributed by atoms with Gasteiger partial charge in [-0.3, -0.25) is 0 Å². The van der Waals surface area contributed by atoms with Crippen LogP contribution in [-0.2, 0) is 6.61 Å². The molecule has 0 aromatic heterocycles. The monoisotopic (exact) mass is 464 g/mol. The molecule has 0 aliphatic carbocycles. The number of benzene rings is 4. The fourth-order valence-corrected chi connectivity index (χ4v) is 3.57. The third kappa shape index (κ3) is 5.01. The lowest BCUT2D eigenvalue weighted by atomic mass is 9.98. The molecule has 6 heteroatoms. The molecule has 0 fully saturated rings. The molecule has 4 rings (SSSR count). The highest BCUT2D eigenvalue weighted by Crippen LogP contribution is 2.33. The summed E-state index contributed by atoms with van der Waals surface area (Å²) < 4.78 is 59.7. The molecule has 0 N–H and O–H groups in total. The van der Waals surface area contributed by atoms with Gasteiger partial charge in [-0.25, -0.2) is 13.2 Å². The Labute approximate surface area is 196 Å². The molecule has 0 unspecified atom stereocenters. The standard InChI is InChI=1S/C28H23F3O3/c1-3-33-26-15-4-18(16-25(26)29)17-34-22-11-7-20(8-12-22)24-14-13-23(27(30)28(24)31)19-5-9-21(32-2)10-6-19/h4-16H,3,17H2,1-2H3. The maximum Gasteiger partial charge on any atom is 0.167 e. The van der Waals surface area contributed by atoms with Crippen molar-refractivity contribution >= 4 is 0 Å². The molecule has 0 heterocycles. The fourth-order valence-electron chi connectivity index (χ4n) is 3.57. The van der Waals surface area contributed by atoms with Gasteiger partial charge in [0.15, 0.2) is 23.2 Å². The zero-order valence-corrected chi connectivity index (χ0v) is 18.8. The van der Waals surface area contributed by atoms with Crippen molar-refractivity contribution < 1.29 is 27.4 Å². The second-order valence-electron chi connectivity index (χ2n) is 7.53. The Balaban J connectivity index is 1.48. The van der Waals surface area contributed by atoms with Gasteiger partial charge in [-0.1, -0.05) is 42.5 Å². The van der Waals surface area contributed by atoms with E-state index in [2.05, 4.69) is 0 Å². The second-order valence-corrected chi connectivity index (χ2v) is 7.53. The third-order valence-corrected chi connectivity index (χ3v) is 5.35. The molecule has 0 aliphatic rings. The van der Waals surface area contributed by atoms with Crippen LogP contribution in [0, 0.1) is 17.5 Å². The molecule has 4 aromatic rings. The zero-order chi connectivity index (χ0) is 24.1. The zero-order valence-electron chi connectivity index (χ0n) is 18.8. The second kappa shape index (κ2) is 10.3. The maximum atomic E-state index is 14.9. The number of hydrogen-bond donors (Lipinski definition) is 0. The number of hydrogen-bond acceptors (Lipinski definition) is 3. The minimum absolute atomic E-state index is 0.148. The minimum Gasteiger partial charge on any atom is -0.497 e. The molecule has 4 aromatic carbocycles. The van der Waals surface area contributed by atoms with Gasteiger partial charge in [0.1, 0.15) is 18.1 Å². The third-order valence-electron chi connectivity index (χ3n) is 5.35. The van der Waals surface area contributed by atoms with Gasteiger partial charge in [0, 0.05) is 11.1 Å². The molecule has 3 nitrogen and oxygen atoms in total. The Bertz CT molecular complexity index is 1270. The lowest BCUT2D eigenvalue weighted by Crippen LogP contribution is -1.99. The van der Waals surface area contributed by atoms with Crippen molar-refractivity contribution in [2.45, 2.75) is 13.5 Å². The Morgan fingerprint density at radius 3 is 1.71 bits per heavy atom. The van der Waals surface area contributed by atoms with E-state index in [4.69, 9.17) is 14.2 Å². The largest absolute Gasteiger partial charge is 0.497 e. The van der Waals surface area contributed by atoms with E-state index in [-0.39, 0.29) is 23.5 Å². The average Bonchev–Trinajstić information content (AvgIpc) is 2.86. The quantitative estimate of drug-likeness (QED) is 0.272. The van der Waals surface area contributed by atoms with Crippen LogP contribution in [0.3, 0.4) is 0 Å². The molecule has 0 atom stereocenters. The normalized spacial score (nSPS) is 10.7. The van der Waals surface area contributed by atoms with Crippen LogP contribution in [0.2, 0.25) is 0 Å². The van der Waals surface area contributed by atoms with Crippen molar-refractivity contribution in [2.24, 2.45) is 0 Å². The van der Waals surface area contributed by atoms with Crippen LogP contribution in [0.25, 0.3) is 22.3 Å². The first-order valence-corrected chi connectivity index (χ1v) is 10.8. The van der Waals surface area contributed by atoms with Crippen molar-refractivity contribution in [1.82, 2.24) is 0 Å². The van der Waals surface area contributed by atoms with Crippen LogP contribution in [-0.4, -0.2) is 13.7 Å². The number of ether oxygens (including phenoxy) is 3. The summed E-state index contributed by atoms with van der Waals surface area (Å²) in [7, 11) is 1.54. The Hall–Kier alpha value is -3.93. The van der Waals surface area contributed by atoms with E-state index in [9.17, 15) is 13.2 Å². The van der Waals surface area contributed by atoms with Crippen LogP contribution >= 0.6 is 0 Å². The minimum atomic E-state index is -0.924. The molecule has 174 valence electrons. The van der Waals surface area contributed by atoms with E-state index in [1.807, 2.05) is 0 Å². The highest BCUT2D eigenvalue weighted by atomic mass is 19.2. The summed E-state index contributed by atoms with van der Waals surface area (Å²) in [5.74, 6) is -0.936. The molecule has 0 aliphatic heterocycles. The van der Waals surface area contributed by atoms with Gasteiger partial charge in [0.25, 0.3) is 0 Å². The molecule has 0 saturated carbocycles. The van der Waals surface area contributed by atoms with Gasteiger partial charge in [-0.2, -0.15) is 0 Å². The van der Waals surface area contributed by atoms with Crippen LogP contribution in [0.5, 0.6) is 17.2 Å². The summed E-state index contributed by atoms with van der Waals surface area (Å²) in [6.45, 7) is 2.33. The molecule has 0 saturated heterocycles. The predicted molar refractivity (Wildman–Crippen MR) is 126 cm³/mol. The first-order valence-electron chi connectivity index (χ1n) is 10.8. The van der Waals surface area contributed by atoms with E-state index in [0.29, 0.717) is 34.8 Å². The van der Waals surface area contributed by atoms with E-state index in [0.717, 1.165) is 0 Å². The van der Waals surface area contributed by atoms with Crippen LogP contribution < -0.4 is 14.2 Å². The van der Waals surface area contributed by atoms with Crippen LogP contribution in [0.4, 0.5) is 13.2 Å². The van der Waals surface area contributed by atoms with Gasteiger partial charge < -0.3 is 14.2 Å². The fraction of sp³-hybridized carbons (Fsp3) is 0.143. The molecule has 0 amide bonds. The summed E-state index contributed by atoms with van der Waals surface area (Å²) >= 11 is 0. The van der Waals surface area contributed by atoms with Gasteiger partial charge in [0.05, 0.1) is 13.7 Å². The van der Waals surface area contributed by atoms with Gasteiger partial charge in [-0.15, -0.1) is 0 Å². The summed E-state index contributed by atoms with van der Waals surface area (Å²) in [5, 5.41) is 0. The van der Waals surface area contributed by atoms with E-state index in [1.54, 1.807) is 86.8 Å². The number of methoxy groups -OCH3 is 1. The molecule has 0 spiro atoms. The van der Waals surface area contributed by atoms with Gasteiger partial charge >= 0.3 is 0 Å². The first-order chi connectivity index (χ1) is 16.5. The van der Waals surface area contributed by atoms with Crippen LogP contribution in [0.1, 0.15) is 12.5 Å². The number of rotatable bonds is 8. The number of halogens is 3. The average molecular weight is 464 g/mol. The van der Waals surface area contributed by atoms with Crippen molar-refractivity contribution in [3.63, 3.8) is 0 Å². The van der Waals surface area contributed by atoms with Crippen LogP contribution in [0.15, 0.2) is 78.9 Å². The Morgan fingerprint density at radius 1 is 0.647 bits per heavy atom. The molecular weight excluding hydrogens is 441 g/mol. The van der Waals surface area contributed by atoms with Crippen molar-refractivity contribution in [1.29, 1.82) is 0 Å². The summed E-state index contributed by atoms with van der Waals surface area (Å²) in [6, 6.07) is 21.1. The van der Waals surface area contributed by atoms with Crippen molar-refractivity contribution in [3.8, 4) is 39.5 Å². The van der Waals surface area contributed by atoms with Crippen molar-refractivity contribution in [2.75, 3.05) is 13.7 Å². The topological polar surface area (TPSA) is 27.7 Å². The maximum absolute atomic E-state index is 14.9. The highest BCUT2D eigenvalue weighted by Gasteiger charge is 2.16. The van der Waals surface area contributed by atoms with Gasteiger partial charge in [-0.05, 0) is 60.0 Å². The van der Waals surface area contributed by atoms with E-state index in [1.165, 1.54) is 6.07 Å².